The summed E-state index contributed by atoms with van der Waals surface area (Å²) in [6.07, 6.45) is 0.152. The van der Waals surface area contributed by atoms with Crippen molar-refractivity contribution < 1.29 is 9.53 Å². The third-order valence-corrected chi connectivity index (χ3v) is 3.07. The standard InChI is InChI=1S/C16H15ClO2/c1-2-15(16(18)12-6-4-3-5-7-12)19-14-10-8-13(17)9-11-14/h3-11,15H,2H2,1H3. The van der Waals surface area contributed by atoms with Gasteiger partial charge in [0.05, 0.1) is 0 Å². The molecule has 0 fully saturated rings. The van der Waals surface area contributed by atoms with Crippen molar-refractivity contribution >= 4 is 17.4 Å². The van der Waals surface area contributed by atoms with Crippen LogP contribution in [-0.4, -0.2) is 11.9 Å². The zero-order valence-corrected chi connectivity index (χ0v) is 11.4. The number of halogens is 1. The predicted molar refractivity (Wildman–Crippen MR) is 76.9 cm³/mol. The van der Waals surface area contributed by atoms with E-state index in [4.69, 9.17) is 16.3 Å². The van der Waals surface area contributed by atoms with Crippen molar-refractivity contribution in [2.24, 2.45) is 0 Å². The molecule has 1 atom stereocenters. The van der Waals surface area contributed by atoms with Gasteiger partial charge in [0.15, 0.2) is 6.10 Å². The Kier molecular flexibility index (Phi) is 4.58. The maximum absolute atomic E-state index is 12.3. The lowest BCUT2D eigenvalue weighted by molar-refractivity contribution is 0.0786. The molecule has 19 heavy (non-hydrogen) atoms. The van der Waals surface area contributed by atoms with E-state index in [0.717, 1.165) is 0 Å². The van der Waals surface area contributed by atoms with Crippen LogP contribution in [-0.2, 0) is 0 Å². The molecule has 0 amide bonds. The molecule has 98 valence electrons. The highest BCUT2D eigenvalue weighted by atomic mass is 35.5. The number of carbonyl (C=O) groups excluding carboxylic acids is 1. The lowest BCUT2D eigenvalue weighted by atomic mass is 10.0. The molecule has 0 aromatic heterocycles. The summed E-state index contributed by atoms with van der Waals surface area (Å²) >= 11 is 5.82. The first kappa shape index (κ1) is 13.6. The van der Waals surface area contributed by atoms with E-state index in [1.807, 2.05) is 25.1 Å². The fourth-order valence-corrected chi connectivity index (χ4v) is 1.91. The van der Waals surface area contributed by atoms with Gasteiger partial charge in [-0.3, -0.25) is 4.79 Å². The quantitative estimate of drug-likeness (QED) is 0.756. The molecule has 0 bridgehead atoms. The zero-order chi connectivity index (χ0) is 13.7. The minimum absolute atomic E-state index is 0.00181. The Hall–Kier alpha value is -1.80. The number of hydrogen-bond acceptors (Lipinski definition) is 2. The normalized spacial score (nSPS) is 11.9. The van der Waals surface area contributed by atoms with Gasteiger partial charge in [0.25, 0.3) is 0 Å². The second-order valence-corrected chi connectivity index (χ2v) is 4.64. The Labute approximate surface area is 118 Å². The van der Waals surface area contributed by atoms with E-state index in [1.165, 1.54) is 0 Å². The molecule has 3 heteroatoms. The highest BCUT2D eigenvalue weighted by molar-refractivity contribution is 6.30. The minimum Gasteiger partial charge on any atom is -0.482 e. The van der Waals surface area contributed by atoms with Gasteiger partial charge in [-0.15, -0.1) is 0 Å². The molecule has 0 heterocycles. The fraction of sp³-hybridized carbons (Fsp3) is 0.188. The molecule has 0 aliphatic carbocycles. The van der Waals surface area contributed by atoms with Crippen LogP contribution in [0.4, 0.5) is 0 Å². The van der Waals surface area contributed by atoms with Crippen molar-refractivity contribution in [3.63, 3.8) is 0 Å². The SMILES string of the molecule is CCC(Oc1ccc(Cl)cc1)C(=O)c1ccccc1. The molecule has 0 radical (unpaired) electrons. The summed E-state index contributed by atoms with van der Waals surface area (Å²) in [6, 6.07) is 16.2. The van der Waals surface area contributed by atoms with Gasteiger partial charge in [-0.25, -0.2) is 0 Å². The van der Waals surface area contributed by atoms with Crippen LogP contribution in [0.15, 0.2) is 54.6 Å². The lowest BCUT2D eigenvalue weighted by Crippen LogP contribution is -2.26. The van der Waals surface area contributed by atoms with E-state index >= 15 is 0 Å². The molecule has 2 nitrogen and oxygen atoms in total. The summed E-state index contributed by atoms with van der Waals surface area (Å²) in [5, 5.41) is 0.648. The van der Waals surface area contributed by atoms with Crippen LogP contribution in [0.1, 0.15) is 23.7 Å². The Balaban J connectivity index is 2.12. The smallest absolute Gasteiger partial charge is 0.203 e. The lowest BCUT2D eigenvalue weighted by Gasteiger charge is -2.16. The molecule has 0 spiro atoms. The number of ketones is 1. The largest absolute Gasteiger partial charge is 0.482 e. The summed E-state index contributed by atoms with van der Waals surface area (Å²) in [7, 11) is 0. The monoisotopic (exact) mass is 274 g/mol. The third kappa shape index (κ3) is 3.58. The van der Waals surface area contributed by atoms with Crippen molar-refractivity contribution in [3.8, 4) is 5.75 Å². The molecule has 0 saturated carbocycles. The Bertz CT molecular complexity index is 534. The van der Waals surface area contributed by atoms with E-state index in [0.29, 0.717) is 22.8 Å². The van der Waals surface area contributed by atoms with Gasteiger partial charge in [0.2, 0.25) is 5.78 Å². The zero-order valence-electron chi connectivity index (χ0n) is 10.7. The number of benzene rings is 2. The Morgan fingerprint density at radius 1 is 1.11 bits per heavy atom. The second kappa shape index (κ2) is 6.39. The molecule has 0 aliphatic heterocycles. The summed E-state index contributed by atoms with van der Waals surface area (Å²) in [6.45, 7) is 1.93. The molecule has 1 unspecified atom stereocenters. The van der Waals surface area contributed by atoms with Crippen LogP contribution in [0.3, 0.4) is 0 Å². The fourth-order valence-electron chi connectivity index (χ4n) is 1.79. The van der Waals surface area contributed by atoms with Gasteiger partial charge < -0.3 is 4.74 Å². The van der Waals surface area contributed by atoms with Crippen LogP contribution in [0.25, 0.3) is 0 Å². The van der Waals surface area contributed by atoms with Crippen LogP contribution < -0.4 is 4.74 Å². The van der Waals surface area contributed by atoms with E-state index in [9.17, 15) is 4.79 Å². The number of ether oxygens (including phenoxy) is 1. The highest BCUT2D eigenvalue weighted by Crippen LogP contribution is 2.19. The van der Waals surface area contributed by atoms with Crippen molar-refractivity contribution in [3.05, 3.63) is 65.2 Å². The van der Waals surface area contributed by atoms with E-state index in [1.54, 1.807) is 36.4 Å². The Morgan fingerprint density at radius 3 is 2.32 bits per heavy atom. The van der Waals surface area contributed by atoms with E-state index < -0.39 is 6.10 Å². The van der Waals surface area contributed by atoms with Crippen molar-refractivity contribution in [1.82, 2.24) is 0 Å². The summed E-state index contributed by atoms with van der Waals surface area (Å²) < 4.78 is 5.73. The average molecular weight is 275 g/mol. The van der Waals surface area contributed by atoms with Crippen LogP contribution in [0.2, 0.25) is 5.02 Å². The van der Waals surface area contributed by atoms with Gasteiger partial charge in [-0.2, -0.15) is 0 Å². The molecule has 0 saturated heterocycles. The maximum Gasteiger partial charge on any atom is 0.203 e. The number of hydrogen-bond donors (Lipinski definition) is 0. The third-order valence-electron chi connectivity index (χ3n) is 2.81. The molecule has 2 aromatic rings. The number of rotatable bonds is 5. The molecule has 0 aliphatic rings. The van der Waals surface area contributed by atoms with Crippen LogP contribution >= 0.6 is 11.6 Å². The highest BCUT2D eigenvalue weighted by Gasteiger charge is 2.19. The first-order valence-electron chi connectivity index (χ1n) is 6.22. The molecular weight excluding hydrogens is 260 g/mol. The first-order chi connectivity index (χ1) is 9.20. The summed E-state index contributed by atoms with van der Waals surface area (Å²) in [5.74, 6) is 0.651. The topological polar surface area (TPSA) is 26.3 Å². The second-order valence-electron chi connectivity index (χ2n) is 4.20. The van der Waals surface area contributed by atoms with Gasteiger partial charge >= 0.3 is 0 Å². The molecule has 2 aromatic carbocycles. The van der Waals surface area contributed by atoms with E-state index in [2.05, 4.69) is 0 Å². The van der Waals surface area contributed by atoms with Gasteiger partial charge in [0.1, 0.15) is 5.75 Å². The average Bonchev–Trinajstić information content (AvgIpc) is 2.47. The van der Waals surface area contributed by atoms with Crippen molar-refractivity contribution in [2.75, 3.05) is 0 Å². The van der Waals surface area contributed by atoms with Crippen molar-refractivity contribution in [2.45, 2.75) is 19.4 Å². The molecule has 0 N–H and O–H groups in total. The first-order valence-corrected chi connectivity index (χ1v) is 6.60. The van der Waals surface area contributed by atoms with Crippen molar-refractivity contribution in [1.29, 1.82) is 0 Å². The summed E-state index contributed by atoms with van der Waals surface area (Å²) in [4.78, 5) is 12.3. The molecule has 2 rings (SSSR count). The van der Waals surface area contributed by atoms with Gasteiger partial charge in [-0.05, 0) is 30.7 Å². The molecular formula is C16H15ClO2. The van der Waals surface area contributed by atoms with Crippen LogP contribution in [0, 0.1) is 0 Å². The minimum atomic E-state index is -0.469. The number of Topliss-reactive ketones (excluding diaryl/α,β-unsaturated/α-hetero) is 1. The van der Waals surface area contributed by atoms with E-state index in [-0.39, 0.29) is 5.78 Å². The summed E-state index contributed by atoms with van der Waals surface area (Å²) in [5.41, 5.74) is 0.670. The van der Waals surface area contributed by atoms with Gasteiger partial charge in [0, 0.05) is 10.6 Å². The van der Waals surface area contributed by atoms with Crippen LogP contribution in [0.5, 0.6) is 5.75 Å². The maximum atomic E-state index is 12.3. The number of carbonyl (C=O) groups is 1. The Morgan fingerprint density at radius 2 is 1.74 bits per heavy atom. The predicted octanol–water partition coefficient (Wildman–Crippen LogP) is 4.38. The van der Waals surface area contributed by atoms with Gasteiger partial charge in [-0.1, -0.05) is 48.9 Å².